The van der Waals surface area contributed by atoms with Crippen LogP contribution < -0.4 is 10.1 Å². The maximum atomic E-state index is 11.0. The van der Waals surface area contributed by atoms with Crippen molar-refractivity contribution in [3.05, 3.63) is 28.3 Å². The Morgan fingerprint density at radius 1 is 1.50 bits per heavy atom. The second-order valence-corrected chi connectivity index (χ2v) is 4.66. The molecule has 0 aliphatic heterocycles. The minimum atomic E-state index is -0.978. The third-order valence-electron chi connectivity index (χ3n) is 2.83. The summed E-state index contributed by atoms with van der Waals surface area (Å²) >= 11 is 0. The molecule has 0 aliphatic carbocycles. The fourth-order valence-electron chi connectivity index (χ4n) is 1.32. The van der Waals surface area contributed by atoms with Crippen LogP contribution in [0, 0.1) is 10.1 Å². The Bertz CT molecular complexity index is 440. The summed E-state index contributed by atoms with van der Waals surface area (Å²) in [5, 5.41) is 23.7. The van der Waals surface area contributed by atoms with E-state index in [9.17, 15) is 15.2 Å². The van der Waals surface area contributed by atoms with Crippen molar-refractivity contribution in [1.29, 1.82) is 0 Å². The molecule has 0 heterocycles. The van der Waals surface area contributed by atoms with Crippen molar-refractivity contribution >= 4 is 11.4 Å². The number of nitro groups is 1. The van der Waals surface area contributed by atoms with Crippen LogP contribution in [0.3, 0.4) is 0 Å². The van der Waals surface area contributed by atoms with Gasteiger partial charge in [-0.25, -0.2) is 0 Å². The van der Waals surface area contributed by atoms with E-state index in [1.54, 1.807) is 32.9 Å². The van der Waals surface area contributed by atoms with Crippen LogP contribution in [0.25, 0.3) is 0 Å². The predicted molar refractivity (Wildman–Crippen MR) is 69.0 cm³/mol. The first-order valence-corrected chi connectivity index (χ1v) is 5.57. The lowest BCUT2D eigenvalue weighted by Crippen LogP contribution is -2.39. The lowest BCUT2D eigenvalue weighted by molar-refractivity contribution is -0.384. The number of rotatable bonds is 5. The average molecular weight is 254 g/mol. The molecule has 0 radical (unpaired) electrons. The number of anilines is 1. The highest BCUT2D eigenvalue weighted by atomic mass is 16.6. The van der Waals surface area contributed by atoms with Crippen LogP contribution in [0.2, 0.25) is 0 Å². The molecule has 6 nitrogen and oxygen atoms in total. The Morgan fingerprint density at radius 3 is 2.56 bits per heavy atom. The standard InChI is InChI=1S/C12H18N2O4/c1-8(12(2,3)15)13-10-6-5-9(18-4)7-11(10)14(16)17/h5-8,13,15H,1-4H3. The van der Waals surface area contributed by atoms with Gasteiger partial charge in [0.25, 0.3) is 5.69 Å². The molecule has 0 amide bonds. The molecule has 0 saturated carbocycles. The Balaban J connectivity index is 3.05. The van der Waals surface area contributed by atoms with Gasteiger partial charge in [-0.05, 0) is 32.9 Å². The molecule has 100 valence electrons. The first-order valence-electron chi connectivity index (χ1n) is 5.57. The number of nitro benzene ring substituents is 1. The van der Waals surface area contributed by atoms with Gasteiger partial charge in [-0.15, -0.1) is 0 Å². The van der Waals surface area contributed by atoms with Crippen LogP contribution in [-0.2, 0) is 0 Å². The van der Waals surface area contributed by atoms with Gasteiger partial charge >= 0.3 is 0 Å². The largest absolute Gasteiger partial charge is 0.496 e. The highest BCUT2D eigenvalue weighted by Crippen LogP contribution is 2.30. The molecule has 0 spiro atoms. The molecule has 0 aromatic heterocycles. The topological polar surface area (TPSA) is 84.6 Å². The van der Waals surface area contributed by atoms with E-state index in [1.165, 1.54) is 13.2 Å². The molecule has 0 aliphatic rings. The van der Waals surface area contributed by atoms with Gasteiger partial charge in [-0.2, -0.15) is 0 Å². The highest BCUT2D eigenvalue weighted by molar-refractivity contribution is 5.64. The quantitative estimate of drug-likeness (QED) is 0.621. The van der Waals surface area contributed by atoms with Crippen molar-refractivity contribution in [3.8, 4) is 5.75 Å². The van der Waals surface area contributed by atoms with Crippen LogP contribution in [0.5, 0.6) is 5.75 Å². The van der Waals surface area contributed by atoms with Crippen LogP contribution in [-0.4, -0.2) is 28.8 Å². The van der Waals surface area contributed by atoms with E-state index in [-0.39, 0.29) is 11.7 Å². The summed E-state index contributed by atoms with van der Waals surface area (Å²) in [6, 6.07) is 4.22. The highest BCUT2D eigenvalue weighted by Gasteiger charge is 2.25. The molecule has 0 saturated heterocycles. The van der Waals surface area contributed by atoms with Crippen LogP contribution in [0.15, 0.2) is 18.2 Å². The van der Waals surface area contributed by atoms with Gasteiger partial charge in [-0.3, -0.25) is 10.1 Å². The molecule has 1 atom stereocenters. The number of methoxy groups -OCH3 is 1. The summed E-state index contributed by atoms with van der Waals surface area (Å²) in [7, 11) is 1.45. The second kappa shape index (κ2) is 5.22. The Kier molecular flexibility index (Phi) is 4.13. The van der Waals surface area contributed by atoms with Crippen molar-refractivity contribution in [3.63, 3.8) is 0 Å². The molecule has 0 bridgehead atoms. The first kappa shape index (κ1) is 14.2. The zero-order valence-corrected chi connectivity index (χ0v) is 10.9. The van der Waals surface area contributed by atoms with E-state index in [4.69, 9.17) is 4.74 Å². The number of hydrogen-bond donors (Lipinski definition) is 2. The van der Waals surface area contributed by atoms with E-state index in [2.05, 4.69) is 5.32 Å². The minimum Gasteiger partial charge on any atom is -0.496 e. The summed E-state index contributed by atoms with van der Waals surface area (Å²) in [5.74, 6) is 0.420. The smallest absolute Gasteiger partial charge is 0.296 e. The monoisotopic (exact) mass is 254 g/mol. The fraction of sp³-hybridized carbons (Fsp3) is 0.500. The number of aliphatic hydroxyl groups is 1. The number of ether oxygens (including phenoxy) is 1. The third kappa shape index (κ3) is 3.33. The van der Waals surface area contributed by atoms with E-state index < -0.39 is 10.5 Å². The van der Waals surface area contributed by atoms with Crippen LogP contribution in [0.1, 0.15) is 20.8 Å². The van der Waals surface area contributed by atoms with Gasteiger partial charge in [-0.1, -0.05) is 0 Å². The Labute approximate surface area is 106 Å². The van der Waals surface area contributed by atoms with Crippen molar-refractivity contribution in [2.24, 2.45) is 0 Å². The summed E-state index contributed by atoms with van der Waals surface area (Å²) in [6.07, 6.45) is 0. The zero-order valence-electron chi connectivity index (χ0n) is 10.9. The number of nitrogens with one attached hydrogen (secondary N) is 1. The predicted octanol–water partition coefficient (Wildman–Crippen LogP) is 2.17. The summed E-state index contributed by atoms with van der Waals surface area (Å²) in [6.45, 7) is 5.04. The van der Waals surface area contributed by atoms with Crippen molar-refractivity contribution in [2.45, 2.75) is 32.4 Å². The molecule has 1 rings (SSSR count). The van der Waals surface area contributed by atoms with Crippen molar-refractivity contribution in [2.75, 3.05) is 12.4 Å². The molecule has 2 N–H and O–H groups in total. The lowest BCUT2D eigenvalue weighted by Gasteiger charge is -2.27. The van der Waals surface area contributed by atoms with Gasteiger partial charge in [0.15, 0.2) is 0 Å². The molecule has 0 fully saturated rings. The van der Waals surface area contributed by atoms with E-state index in [0.29, 0.717) is 11.4 Å². The lowest BCUT2D eigenvalue weighted by atomic mass is 10.0. The molecule has 1 aromatic carbocycles. The first-order chi connectivity index (χ1) is 8.25. The molecule has 18 heavy (non-hydrogen) atoms. The summed E-state index contributed by atoms with van der Waals surface area (Å²) < 4.78 is 4.95. The fourth-order valence-corrected chi connectivity index (χ4v) is 1.32. The number of benzene rings is 1. The maximum absolute atomic E-state index is 11.0. The van der Waals surface area contributed by atoms with E-state index in [0.717, 1.165) is 0 Å². The van der Waals surface area contributed by atoms with Gasteiger partial charge in [0.2, 0.25) is 0 Å². The van der Waals surface area contributed by atoms with Crippen molar-refractivity contribution < 1.29 is 14.8 Å². The molecule has 1 aromatic rings. The molecule has 1 unspecified atom stereocenters. The van der Waals surface area contributed by atoms with Gasteiger partial charge in [0.1, 0.15) is 11.4 Å². The van der Waals surface area contributed by atoms with Crippen molar-refractivity contribution in [1.82, 2.24) is 0 Å². The second-order valence-electron chi connectivity index (χ2n) is 4.66. The number of nitrogens with zero attached hydrogens (tertiary/aromatic N) is 1. The summed E-state index contributed by atoms with van der Waals surface area (Å²) in [5.41, 5.74) is -0.700. The third-order valence-corrected chi connectivity index (χ3v) is 2.83. The Hall–Kier alpha value is -1.82. The van der Waals surface area contributed by atoms with Crippen LogP contribution in [0.4, 0.5) is 11.4 Å². The van der Waals surface area contributed by atoms with E-state index in [1.807, 2.05) is 0 Å². The SMILES string of the molecule is COc1ccc(NC(C)C(C)(C)O)c([N+](=O)[O-])c1. The van der Waals surface area contributed by atoms with Gasteiger partial charge < -0.3 is 15.2 Å². The van der Waals surface area contributed by atoms with Gasteiger partial charge in [0.05, 0.1) is 29.7 Å². The summed E-state index contributed by atoms with van der Waals surface area (Å²) in [4.78, 5) is 10.5. The minimum absolute atomic E-state index is 0.0783. The number of hydrogen-bond acceptors (Lipinski definition) is 5. The average Bonchev–Trinajstić information content (AvgIpc) is 2.27. The van der Waals surface area contributed by atoms with E-state index >= 15 is 0 Å². The van der Waals surface area contributed by atoms with Gasteiger partial charge in [0, 0.05) is 0 Å². The molecular weight excluding hydrogens is 236 g/mol. The van der Waals surface area contributed by atoms with Crippen LogP contribution >= 0.6 is 0 Å². The normalized spacial score (nSPS) is 12.9. The molecule has 6 heteroatoms. The maximum Gasteiger partial charge on any atom is 0.296 e. The Morgan fingerprint density at radius 2 is 2.11 bits per heavy atom. The molecular formula is C12H18N2O4. The zero-order chi connectivity index (χ0) is 13.9.